The van der Waals surface area contributed by atoms with Crippen molar-refractivity contribution in [2.45, 2.75) is 6.42 Å². The maximum absolute atomic E-state index is 14.3. The number of amides is 1. The van der Waals surface area contributed by atoms with Crippen LogP contribution in [0.25, 0.3) is 0 Å². The molecule has 11 heteroatoms. The molecule has 0 radical (unpaired) electrons. The van der Waals surface area contributed by atoms with E-state index in [1.807, 2.05) is 43.3 Å². The molecule has 36 heavy (non-hydrogen) atoms. The van der Waals surface area contributed by atoms with Crippen LogP contribution in [0.15, 0.2) is 67.4 Å². The van der Waals surface area contributed by atoms with E-state index in [0.717, 1.165) is 34.1 Å². The van der Waals surface area contributed by atoms with Gasteiger partial charge in [0, 0.05) is 36.9 Å². The molecule has 1 aromatic heterocycles. The van der Waals surface area contributed by atoms with Gasteiger partial charge in [0.2, 0.25) is 11.9 Å². The largest absolute Gasteiger partial charge is 0.494 e. The molecule has 1 heterocycles. The summed E-state index contributed by atoms with van der Waals surface area (Å²) in [6.45, 7) is 4.01. The number of ether oxygens (including phenoxy) is 1. The lowest BCUT2D eigenvalue weighted by Gasteiger charge is -2.13. The van der Waals surface area contributed by atoms with Crippen LogP contribution in [0.2, 0.25) is 0 Å². The number of hydrogen-bond acceptors (Lipinski definition) is 8. The standard InChI is InChI=1S/C25H27FN6O2S2/c1-4-22(33)28-18-7-5-8-19(15-18)29-23-21(26)16-27-24(31-23)30-17-9-11-20(12-10-17)34-13-6-14-36-25(35)32(2)3/h4-5,7-12,15-16H,1,6,13-14H2,2-3H3,(H,28,33)(H2,27,29,30,31). The average molecular weight is 527 g/mol. The van der Waals surface area contributed by atoms with Crippen LogP contribution in [0, 0.1) is 5.82 Å². The van der Waals surface area contributed by atoms with Crippen LogP contribution >= 0.6 is 24.0 Å². The molecule has 0 aliphatic heterocycles. The Morgan fingerprint density at radius 3 is 2.64 bits per heavy atom. The predicted molar refractivity (Wildman–Crippen MR) is 149 cm³/mol. The summed E-state index contributed by atoms with van der Waals surface area (Å²) in [6.07, 6.45) is 3.13. The van der Waals surface area contributed by atoms with Gasteiger partial charge in [0.05, 0.1) is 12.8 Å². The fourth-order valence-electron chi connectivity index (χ4n) is 2.82. The van der Waals surface area contributed by atoms with E-state index in [1.165, 1.54) is 6.08 Å². The summed E-state index contributed by atoms with van der Waals surface area (Å²) in [5, 5.41) is 8.62. The third-order valence-corrected chi connectivity index (χ3v) is 6.40. The van der Waals surface area contributed by atoms with Crippen LogP contribution in [-0.4, -0.2) is 51.6 Å². The third-order valence-electron chi connectivity index (χ3n) is 4.58. The van der Waals surface area contributed by atoms with Crippen LogP contribution in [0.5, 0.6) is 5.75 Å². The molecule has 8 nitrogen and oxygen atoms in total. The number of nitrogens with zero attached hydrogens (tertiary/aromatic N) is 3. The van der Waals surface area contributed by atoms with Gasteiger partial charge in [-0.25, -0.2) is 9.37 Å². The van der Waals surface area contributed by atoms with Gasteiger partial charge in [-0.05, 0) is 55.0 Å². The lowest BCUT2D eigenvalue weighted by atomic mass is 10.2. The topological polar surface area (TPSA) is 91.4 Å². The Bertz CT molecular complexity index is 1210. The van der Waals surface area contributed by atoms with Crippen molar-refractivity contribution in [2.75, 3.05) is 42.4 Å². The number of thioether (sulfide) groups is 1. The van der Waals surface area contributed by atoms with E-state index in [1.54, 1.807) is 36.0 Å². The molecule has 0 bridgehead atoms. The van der Waals surface area contributed by atoms with Crippen LogP contribution in [0.1, 0.15) is 6.42 Å². The molecule has 0 aliphatic carbocycles. The van der Waals surface area contributed by atoms with E-state index in [4.69, 9.17) is 17.0 Å². The molecular weight excluding hydrogens is 499 g/mol. The Kier molecular flexibility index (Phi) is 10.0. The second-order valence-electron chi connectivity index (χ2n) is 7.65. The summed E-state index contributed by atoms with van der Waals surface area (Å²) in [7, 11) is 3.87. The van der Waals surface area contributed by atoms with E-state index in [2.05, 4.69) is 32.5 Å². The van der Waals surface area contributed by atoms with E-state index >= 15 is 0 Å². The Labute approximate surface area is 219 Å². The molecule has 0 saturated heterocycles. The van der Waals surface area contributed by atoms with Gasteiger partial charge >= 0.3 is 0 Å². The van der Waals surface area contributed by atoms with Crippen LogP contribution in [0.3, 0.4) is 0 Å². The minimum atomic E-state index is -0.616. The van der Waals surface area contributed by atoms with Gasteiger partial charge in [0.1, 0.15) is 10.1 Å². The van der Waals surface area contributed by atoms with Crippen LogP contribution in [-0.2, 0) is 4.79 Å². The zero-order chi connectivity index (χ0) is 25.9. The molecule has 0 atom stereocenters. The molecular formula is C25H27FN6O2S2. The Balaban J connectivity index is 1.55. The summed E-state index contributed by atoms with van der Waals surface area (Å²) in [6, 6.07) is 14.2. The van der Waals surface area contributed by atoms with Gasteiger partial charge in [0.25, 0.3) is 0 Å². The summed E-state index contributed by atoms with van der Waals surface area (Å²) in [4.78, 5) is 21.7. The normalized spacial score (nSPS) is 10.3. The summed E-state index contributed by atoms with van der Waals surface area (Å²) < 4.78 is 21.0. The van der Waals surface area contributed by atoms with Crippen molar-refractivity contribution < 1.29 is 13.9 Å². The van der Waals surface area contributed by atoms with Gasteiger partial charge in [-0.3, -0.25) is 4.79 Å². The lowest BCUT2D eigenvalue weighted by molar-refractivity contribution is -0.111. The first-order chi connectivity index (χ1) is 17.3. The molecule has 3 N–H and O–H groups in total. The molecule has 1 amide bonds. The van der Waals surface area contributed by atoms with Crippen molar-refractivity contribution in [1.29, 1.82) is 0 Å². The average Bonchev–Trinajstić information content (AvgIpc) is 2.86. The fourth-order valence-corrected chi connectivity index (χ4v) is 3.77. The number of carbonyl (C=O) groups excluding carboxylic acids is 1. The monoisotopic (exact) mass is 526 g/mol. The highest BCUT2D eigenvalue weighted by Gasteiger charge is 2.09. The molecule has 0 unspecified atom stereocenters. The van der Waals surface area contributed by atoms with Crippen LogP contribution < -0.4 is 20.7 Å². The summed E-state index contributed by atoms with van der Waals surface area (Å²) in [5.74, 6) is 0.888. The number of halogens is 1. The third kappa shape index (κ3) is 8.51. The minimum Gasteiger partial charge on any atom is -0.494 e. The van der Waals surface area contributed by atoms with Crippen LogP contribution in [0.4, 0.5) is 33.2 Å². The van der Waals surface area contributed by atoms with E-state index < -0.39 is 5.82 Å². The first-order valence-electron chi connectivity index (χ1n) is 11.0. The summed E-state index contributed by atoms with van der Waals surface area (Å²) in [5.41, 5.74) is 1.81. The number of aromatic nitrogens is 2. The predicted octanol–water partition coefficient (Wildman–Crippen LogP) is 5.58. The zero-order valence-corrected chi connectivity index (χ0v) is 21.6. The van der Waals surface area contributed by atoms with Gasteiger partial charge in [-0.1, -0.05) is 36.6 Å². The van der Waals surface area contributed by atoms with Crippen molar-refractivity contribution in [2.24, 2.45) is 0 Å². The molecule has 3 aromatic rings. The Hall–Kier alpha value is -3.70. The molecule has 188 valence electrons. The number of benzene rings is 2. The second-order valence-corrected chi connectivity index (χ2v) is 9.38. The molecule has 0 saturated carbocycles. The number of rotatable bonds is 11. The van der Waals surface area contributed by atoms with Crippen molar-refractivity contribution in [3.05, 3.63) is 73.2 Å². The molecule has 3 rings (SSSR count). The fraction of sp³-hybridized carbons (Fsp3) is 0.200. The highest BCUT2D eigenvalue weighted by molar-refractivity contribution is 8.22. The summed E-state index contributed by atoms with van der Waals surface area (Å²) >= 11 is 6.88. The molecule has 0 aliphatic rings. The molecule has 2 aromatic carbocycles. The van der Waals surface area contributed by atoms with Crippen molar-refractivity contribution in [3.8, 4) is 5.75 Å². The Morgan fingerprint density at radius 2 is 1.92 bits per heavy atom. The van der Waals surface area contributed by atoms with E-state index in [-0.39, 0.29) is 17.7 Å². The SMILES string of the molecule is C=CC(=O)Nc1cccc(Nc2nc(Nc3ccc(OCCCSC(=S)N(C)C)cc3)ncc2F)c1. The minimum absolute atomic E-state index is 0.00808. The first-order valence-corrected chi connectivity index (χ1v) is 12.4. The number of carbonyl (C=O) groups is 1. The second kappa shape index (κ2) is 13.4. The van der Waals surface area contributed by atoms with E-state index in [9.17, 15) is 9.18 Å². The smallest absolute Gasteiger partial charge is 0.247 e. The number of thiocarbonyl (C=S) groups is 1. The van der Waals surface area contributed by atoms with Gasteiger partial charge in [-0.15, -0.1) is 0 Å². The number of nitrogens with one attached hydrogen (secondary N) is 3. The number of anilines is 5. The Morgan fingerprint density at radius 1 is 1.17 bits per heavy atom. The van der Waals surface area contributed by atoms with Gasteiger partial charge in [0.15, 0.2) is 11.6 Å². The molecule has 0 fully saturated rings. The number of hydrogen-bond donors (Lipinski definition) is 3. The van der Waals surface area contributed by atoms with Crippen molar-refractivity contribution in [3.63, 3.8) is 0 Å². The lowest BCUT2D eigenvalue weighted by Crippen LogP contribution is -2.16. The highest BCUT2D eigenvalue weighted by Crippen LogP contribution is 2.23. The first kappa shape index (κ1) is 26.9. The van der Waals surface area contributed by atoms with Crippen molar-refractivity contribution in [1.82, 2.24) is 14.9 Å². The maximum atomic E-state index is 14.3. The van der Waals surface area contributed by atoms with E-state index in [0.29, 0.717) is 18.0 Å². The molecule has 0 spiro atoms. The quantitative estimate of drug-likeness (QED) is 0.168. The van der Waals surface area contributed by atoms with Gasteiger partial charge < -0.3 is 25.6 Å². The maximum Gasteiger partial charge on any atom is 0.247 e. The van der Waals surface area contributed by atoms with Gasteiger partial charge in [-0.2, -0.15) is 4.98 Å². The zero-order valence-electron chi connectivity index (χ0n) is 20.0. The van der Waals surface area contributed by atoms with Crippen molar-refractivity contribution >= 4 is 63.0 Å². The highest BCUT2D eigenvalue weighted by atomic mass is 32.2.